The first-order chi connectivity index (χ1) is 13.9. The van der Waals surface area contributed by atoms with Gasteiger partial charge in [-0.05, 0) is 18.2 Å². The number of fused-ring (bicyclic) bond motifs is 1. The minimum Gasteiger partial charge on any atom is -0.480 e. The third-order valence-corrected chi connectivity index (χ3v) is 4.98. The number of nitrogens with one attached hydrogen (secondary N) is 1. The van der Waals surface area contributed by atoms with Gasteiger partial charge in [-0.15, -0.1) is 0 Å². The number of benzene rings is 1. The molecular formula is C19H18F2N4O4. The van der Waals surface area contributed by atoms with Gasteiger partial charge in [0.1, 0.15) is 18.1 Å². The van der Waals surface area contributed by atoms with Gasteiger partial charge in [-0.3, -0.25) is 4.79 Å². The van der Waals surface area contributed by atoms with Crippen molar-refractivity contribution in [1.82, 2.24) is 9.97 Å². The molecule has 0 radical (unpaired) electrons. The van der Waals surface area contributed by atoms with Gasteiger partial charge >= 0.3 is 0 Å². The van der Waals surface area contributed by atoms with Crippen molar-refractivity contribution in [1.29, 1.82) is 0 Å². The Bertz CT molecular complexity index is 985. The first kappa shape index (κ1) is 19.2. The fourth-order valence-electron chi connectivity index (χ4n) is 3.46. The molecule has 2 atom stereocenters. The number of amides is 1. The van der Waals surface area contributed by atoms with E-state index in [4.69, 9.17) is 14.2 Å². The zero-order valence-corrected chi connectivity index (χ0v) is 15.7. The predicted molar refractivity (Wildman–Crippen MR) is 98.3 cm³/mol. The molecule has 0 aliphatic carbocycles. The first-order valence-electron chi connectivity index (χ1n) is 8.80. The summed E-state index contributed by atoms with van der Waals surface area (Å²) in [5.74, 6) is -0.710. The number of hydrogen-bond donors (Lipinski definition) is 1. The number of methoxy groups -OCH3 is 1. The molecule has 1 aromatic carbocycles. The Hall–Kier alpha value is -3.14. The molecule has 1 amide bonds. The number of carbonyl (C=O) groups excluding carboxylic acids is 1. The van der Waals surface area contributed by atoms with Crippen molar-refractivity contribution in [3.05, 3.63) is 47.7 Å². The molecule has 0 saturated carbocycles. The van der Waals surface area contributed by atoms with Crippen LogP contribution in [0.25, 0.3) is 0 Å². The molecule has 2 aliphatic heterocycles. The standard InChI is InChI=1S/C19H18F2N4O4/c1-11-25-19(10-28-8-18(19,21)9-29-11)13-5-12(3-4-14(13)20)24-17(26)15-6-23-16(27-2)7-22-15/h3-7H,8-10H2,1-2H3,(H,24,26)/t18-,19-/m1/s1. The van der Waals surface area contributed by atoms with Crippen LogP contribution in [0.2, 0.25) is 0 Å². The number of hydrogen-bond acceptors (Lipinski definition) is 7. The van der Waals surface area contributed by atoms with Crippen molar-refractivity contribution in [2.75, 3.05) is 32.2 Å². The van der Waals surface area contributed by atoms with E-state index in [1.165, 1.54) is 31.6 Å². The van der Waals surface area contributed by atoms with Gasteiger partial charge in [0.15, 0.2) is 17.1 Å². The lowest BCUT2D eigenvalue weighted by atomic mass is 9.78. The molecule has 10 heteroatoms. The van der Waals surface area contributed by atoms with Crippen LogP contribution in [0.15, 0.2) is 35.6 Å². The minimum atomic E-state index is -2.02. The van der Waals surface area contributed by atoms with Gasteiger partial charge in [0.05, 0.1) is 32.7 Å². The molecule has 1 aromatic heterocycles. The normalized spacial score (nSPS) is 25.6. The van der Waals surface area contributed by atoms with Gasteiger partial charge in [0, 0.05) is 18.2 Å². The van der Waals surface area contributed by atoms with Gasteiger partial charge in [-0.1, -0.05) is 0 Å². The van der Waals surface area contributed by atoms with Crippen LogP contribution in [-0.4, -0.2) is 54.4 Å². The Morgan fingerprint density at radius 2 is 2.07 bits per heavy atom. The molecular weight excluding hydrogens is 386 g/mol. The van der Waals surface area contributed by atoms with E-state index in [0.29, 0.717) is 0 Å². The van der Waals surface area contributed by atoms with Gasteiger partial charge in [-0.25, -0.2) is 23.7 Å². The quantitative estimate of drug-likeness (QED) is 0.840. The molecule has 0 unspecified atom stereocenters. The van der Waals surface area contributed by atoms with Crippen LogP contribution < -0.4 is 10.1 Å². The molecule has 2 aromatic rings. The Balaban J connectivity index is 1.67. The summed E-state index contributed by atoms with van der Waals surface area (Å²) in [6.07, 6.45) is 2.55. The topological polar surface area (TPSA) is 94.9 Å². The summed E-state index contributed by atoms with van der Waals surface area (Å²) in [4.78, 5) is 24.6. The van der Waals surface area contributed by atoms with E-state index in [1.807, 2.05) is 0 Å². The molecule has 0 bridgehead atoms. The maximum Gasteiger partial charge on any atom is 0.275 e. The Morgan fingerprint density at radius 1 is 1.24 bits per heavy atom. The van der Waals surface area contributed by atoms with Crippen LogP contribution in [-0.2, 0) is 15.0 Å². The summed E-state index contributed by atoms with van der Waals surface area (Å²) in [5.41, 5.74) is -3.32. The fourth-order valence-corrected chi connectivity index (χ4v) is 3.46. The van der Waals surface area contributed by atoms with E-state index in [0.717, 1.165) is 6.07 Å². The van der Waals surface area contributed by atoms with E-state index in [-0.39, 0.29) is 48.5 Å². The van der Waals surface area contributed by atoms with Crippen LogP contribution in [0.3, 0.4) is 0 Å². The SMILES string of the molecule is COc1cnc(C(=O)Nc2ccc(F)c([C@]34COC[C@@]3(F)COC(C)=N4)c2)cn1. The van der Waals surface area contributed by atoms with Crippen molar-refractivity contribution in [3.8, 4) is 5.88 Å². The van der Waals surface area contributed by atoms with Gasteiger partial charge in [0.25, 0.3) is 5.91 Å². The first-order valence-corrected chi connectivity index (χ1v) is 8.80. The molecule has 8 nitrogen and oxygen atoms in total. The molecule has 29 heavy (non-hydrogen) atoms. The average molecular weight is 404 g/mol. The lowest BCUT2D eigenvalue weighted by Crippen LogP contribution is -2.53. The summed E-state index contributed by atoms with van der Waals surface area (Å²) in [7, 11) is 1.43. The summed E-state index contributed by atoms with van der Waals surface area (Å²) in [6.45, 7) is 0.884. The average Bonchev–Trinajstić information content (AvgIpc) is 3.06. The number of alkyl halides is 1. The number of nitrogens with zero attached hydrogens (tertiary/aromatic N) is 3. The molecule has 1 saturated heterocycles. The molecule has 152 valence electrons. The minimum absolute atomic E-state index is 0.0150. The number of ether oxygens (including phenoxy) is 3. The highest BCUT2D eigenvalue weighted by Gasteiger charge is 2.62. The highest BCUT2D eigenvalue weighted by atomic mass is 19.1. The summed E-state index contributed by atoms with van der Waals surface area (Å²) in [6, 6.07) is 3.88. The number of rotatable bonds is 4. The number of anilines is 1. The number of carbonyl (C=O) groups is 1. The smallest absolute Gasteiger partial charge is 0.275 e. The van der Waals surface area contributed by atoms with Crippen molar-refractivity contribution >= 4 is 17.5 Å². The molecule has 1 N–H and O–H groups in total. The third kappa shape index (κ3) is 3.19. The second-order valence-corrected chi connectivity index (χ2v) is 6.83. The highest BCUT2D eigenvalue weighted by Crippen LogP contribution is 2.48. The summed E-state index contributed by atoms with van der Waals surface area (Å²) < 4.78 is 45.7. The lowest BCUT2D eigenvalue weighted by Gasteiger charge is -2.39. The predicted octanol–water partition coefficient (Wildman–Crippen LogP) is 2.26. The monoisotopic (exact) mass is 404 g/mol. The van der Waals surface area contributed by atoms with E-state index in [9.17, 15) is 9.18 Å². The number of halogens is 2. The fraction of sp³-hybridized carbons (Fsp3) is 0.368. The second kappa shape index (κ2) is 7.03. The van der Waals surface area contributed by atoms with E-state index in [1.54, 1.807) is 6.92 Å². The second-order valence-electron chi connectivity index (χ2n) is 6.83. The molecule has 3 heterocycles. The molecule has 2 aliphatic rings. The van der Waals surface area contributed by atoms with Crippen molar-refractivity contribution in [2.45, 2.75) is 18.1 Å². The van der Waals surface area contributed by atoms with Crippen molar-refractivity contribution in [2.24, 2.45) is 4.99 Å². The van der Waals surface area contributed by atoms with Crippen LogP contribution >= 0.6 is 0 Å². The van der Waals surface area contributed by atoms with Gasteiger partial charge < -0.3 is 19.5 Å². The van der Waals surface area contributed by atoms with Crippen LogP contribution in [0.5, 0.6) is 5.88 Å². The van der Waals surface area contributed by atoms with Crippen molar-refractivity contribution in [3.63, 3.8) is 0 Å². The molecule has 0 spiro atoms. The maximum absolute atomic E-state index is 15.5. The van der Waals surface area contributed by atoms with Crippen LogP contribution in [0, 0.1) is 5.82 Å². The number of aromatic nitrogens is 2. The summed E-state index contributed by atoms with van der Waals surface area (Å²) >= 11 is 0. The lowest BCUT2D eigenvalue weighted by molar-refractivity contribution is 0.00964. The van der Waals surface area contributed by atoms with E-state index in [2.05, 4.69) is 20.3 Å². The summed E-state index contributed by atoms with van der Waals surface area (Å²) in [5, 5.41) is 2.61. The Labute approximate surface area is 164 Å². The Morgan fingerprint density at radius 3 is 2.79 bits per heavy atom. The Kier molecular flexibility index (Phi) is 4.65. The van der Waals surface area contributed by atoms with Crippen LogP contribution in [0.4, 0.5) is 14.5 Å². The van der Waals surface area contributed by atoms with Crippen LogP contribution in [0.1, 0.15) is 23.0 Å². The zero-order chi connectivity index (χ0) is 20.6. The number of aliphatic imine (C=N–C) groups is 1. The third-order valence-electron chi connectivity index (χ3n) is 4.98. The van der Waals surface area contributed by atoms with Crippen molar-refractivity contribution < 1.29 is 27.8 Å². The van der Waals surface area contributed by atoms with E-state index < -0.39 is 22.9 Å². The van der Waals surface area contributed by atoms with E-state index >= 15 is 4.39 Å². The molecule has 1 fully saturated rings. The molecule has 4 rings (SSSR count). The maximum atomic E-state index is 15.5. The van der Waals surface area contributed by atoms with Gasteiger partial charge in [0.2, 0.25) is 5.88 Å². The largest absolute Gasteiger partial charge is 0.480 e. The zero-order valence-electron chi connectivity index (χ0n) is 15.7. The van der Waals surface area contributed by atoms with Gasteiger partial charge in [-0.2, -0.15) is 0 Å². The highest BCUT2D eigenvalue weighted by molar-refractivity contribution is 6.02.